The molecule has 3 N–H and O–H groups in total. The Bertz CT molecular complexity index is 383. The van der Waals surface area contributed by atoms with E-state index in [9.17, 15) is 4.79 Å². The molecular formula is C12H17BrN2O2. The third-order valence-corrected chi connectivity index (χ3v) is 2.69. The van der Waals surface area contributed by atoms with Gasteiger partial charge in [-0.05, 0) is 31.5 Å². The number of ether oxygens (including phenoxy) is 1. The Morgan fingerprint density at radius 2 is 2.29 bits per heavy atom. The number of halogens is 1. The predicted molar refractivity (Wildman–Crippen MR) is 72.9 cm³/mol. The molecule has 1 aromatic rings. The van der Waals surface area contributed by atoms with Crippen molar-refractivity contribution in [2.24, 2.45) is 0 Å². The Balaban J connectivity index is 2.31. The molecule has 1 rings (SSSR count). The van der Waals surface area contributed by atoms with Crippen LogP contribution in [0, 0.1) is 0 Å². The summed E-state index contributed by atoms with van der Waals surface area (Å²) in [4.78, 5) is 11.1. The highest BCUT2D eigenvalue weighted by atomic mass is 79.9. The summed E-state index contributed by atoms with van der Waals surface area (Å²) < 4.78 is 5.81. The van der Waals surface area contributed by atoms with Gasteiger partial charge in [0.2, 0.25) is 0 Å². The molecule has 0 unspecified atom stereocenters. The molecule has 1 aromatic carbocycles. The maximum Gasteiger partial charge on any atom is 0.305 e. The molecule has 0 fully saturated rings. The number of anilines is 2. The van der Waals surface area contributed by atoms with E-state index in [0.29, 0.717) is 25.3 Å². The van der Waals surface area contributed by atoms with Crippen molar-refractivity contribution in [3.05, 3.63) is 22.7 Å². The van der Waals surface area contributed by atoms with Gasteiger partial charge in [0.1, 0.15) is 0 Å². The largest absolute Gasteiger partial charge is 0.466 e. The number of carbonyl (C=O) groups excluding carboxylic acids is 1. The highest BCUT2D eigenvalue weighted by Crippen LogP contribution is 2.23. The van der Waals surface area contributed by atoms with E-state index < -0.39 is 0 Å². The minimum absolute atomic E-state index is 0.156. The van der Waals surface area contributed by atoms with Crippen molar-refractivity contribution in [1.82, 2.24) is 0 Å². The second-order valence-corrected chi connectivity index (χ2v) is 4.48. The first-order chi connectivity index (χ1) is 8.13. The van der Waals surface area contributed by atoms with Crippen LogP contribution in [0.2, 0.25) is 0 Å². The molecule has 0 saturated heterocycles. The number of benzene rings is 1. The first-order valence-corrected chi connectivity index (χ1v) is 6.37. The average Bonchev–Trinajstić information content (AvgIpc) is 2.29. The topological polar surface area (TPSA) is 64.3 Å². The standard InChI is InChI=1S/C12H17BrN2O2/c1-2-17-12(16)4-3-7-15-11-8-9(13)5-6-10(11)14/h5-6,8,15H,2-4,7,14H2,1H3. The van der Waals surface area contributed by atoms with E-state index in [1.165, 1.54) is 0 Å². The fraction of sp³-hybridized carbons (Fsp3) is 0.417. The van der Waals surface area contributed by atoms with Gasteiger partial charge in [0.05, 0.1) is 18.0 Å². The van der Waals surface area contributed by atoms with E-state index in [4.69, 9.17) is 10.5 Å². The first-order valence-electron chi connectivity index (χ1n) is 5.58. The number of nitrogen functional groups attached to an aromatic ring is 1. The summed E-state index contributed by atoms with van der Waals surface area (Å²) in [5.74, 6) is -0.156. The number of hydrogen-bond acceptors (Lipinski definition) is 4. The molecule has 94 valence electrons. The summed E-state index contributed by atoms with van der Waals surface area (Å²) >= 11 is 3.38. The first kappa shape index (κ1) is 13.8. The summed E-state index contributed by atoms with van der Waals surface area (Å²) in [6.45, 7) is 2.93. The lowest BCUT2D eigenvalue weighted by atomic mass is 10.2. The molecule has 4 nitrogen and oxygen atoms in total. The zero-order valence-electron chi connectivity index (χ0n) is 9.83. The normalized spacial score (nSPS) is 10.0. The fourth-order valence-corrected chi connectivity index (χ4v) is 1.73. The lowest BCUT2D eigenvalue weighted by molar-refractivity contribution is -0.143. The van der Waals surface area contributed by atoms with Gasteiger partial charge in [0.25, 0.3) is 0 Å². The molecule has 0 aliphatic carbocycles. The molecular weight excluding hydrogens is 284 g/mol. The van der Waals surface area contributed by atoms with Crippen LogP contribution in [0.15, 0.2) is 22.7 Å². The number of esters is 1. The molecule has 0 aliphatic rings. The fourth-order valence-electron chi connectivity index (χ4n) is 1.37. The Morgan fingerprint density at radius 1 is 1.53 bits per heavy atom. The molecule has 5 heteroatoms. The van der Waals surface area contributed by atoms with Gasteiger partial charge in [0, 0.05) is 17.4 Å². The molecule has 0 heterocycles. The van der Waals surface area contributed by atoms with Gasteiger partial charge in [-0.2, -0.15) is 0 Å². The average molecular weight is 301 g/mol. The smallest absolute Gasteiger partial charge is 0.305 e. The van der Waals surface area contributed by atoms with Gasteiger partial charge in [-0.15, -0.1) is 0 Å². The number of rotatable bonds is 6. The summed E-state index contributed by atoms with van der Waals surface area (Å²) in [6.07, 6.45) is 1.15. The van der Waals surface area contributed by atoms with Crippen molar-refractivity contribution in [3.63, 3.8) is 0 Å². The molecule has 0 bridgehead atoms. The van der Waals surface area contributed by atoms with Crippen LogP contribution in [0.4, 0.5) is 11.4 Å². The quantitative estimate of drug-likeness (QED) is 0.482. The van der Waals surface area contributed by atoms with Crippen molar-refractivity contribution in [2.45, 2.75) is 19.8 Å². The van der Waals surface area contributed by atoms with Crippen molar-refractivity contribution in [2.75, 3.05) is 24.2 Å². The van der Waals surface area contributed by atoms with Crippen molar-refractivity contribution in [3.8, 4) is 0 Å². The van der Waals surface area contributed by atoms with Crippen molar-refractivity contribution < 1.29 is 9.53 Å². The van der Waals surface area contributed by atoms with Crippen molar-refractivity contribution in [1.29, 1.82) is 0 Å². The Hall–Kier alpha value is -1.23. The SMILES string of the molecule is CCOC(=O)CCCNc1cc(Br)ccc1N. The molecule has 0 aromatic heterocycles. The minimum atomic E-state index is -0.156. The second kappa shape index (κ2) is 7.17. The summed E-state index contributed by atoms with van der Waals surface area (Å²) in [7, 11) is 0. The van der Waals surface area contributed by atoms with Crippen LogP contribution in [-0.4, -0.2) is 19.1 Å². The van der Waals surface area contributed by atoms with E-state index in [1.807, 2.05) is 18.2 Å². The summed E-state index contributed by atoms with van der Waals surface area (Å²) in [6, 6.07) is 5.64. The molecule has 0 spiro atoms. The number of nitrogens with two attached hydrogens (primary N) is 1. The van der Waals surface area contributed by atoms with E-state index in [-0.39, 0.29) is 5.97 Å². The molecule has 0 amide bonds. The monoisotopic (exact) mass is 300 g/mol. The van der Waals surface area contributed by atoms with Gasteiger partial charge >= 0.3 is 5.97 Å². The van der Waals surface area contributed by atoms with E-state index in [2.05, 4.69) is 21.2 Å². The zero-order valence-corrected chi connectivity index (χ0v) is 11.4. The van der Waals surface area contributed by atoms with Gasteiger partial charge < -0.3 is 15.8 Å². The summed E-state index contributed by atoms with van der Waals surface area (Å²) in [5.41, 5.74) is 7.38. The third-order valence-electron chi connectivity index (χ3n) is 2.19. The van der Waals surface area contributed by atoms with Crippen molar-refractivity contribution >= 4 is 33.3 Å². The molecule has 0 radical (unpaired) electrons. The van der Waals surface area contributed by atoms with E-state index >= 15 is 0 Å². The molecule has 0 saturated carbocycles. The highest BCUT2D eigenvalue weighted by molar-refractivity contribution is 9.10. The van der Waals surface area contributed by atoms with E-state index in [0.717, 1.165) is 16.6 Å². The maximum absolute atomic E-state index is 11.1. The van der Waals surface area contributed by atoms with Crippen LogP contribution in [0.5, 0.6) is 0 Å². The third kappa shape index (κ3) is 5.08. The summed E-state index contributed by atoms with van der Waals surface area (Å²) in [5, 5.41) is 3.19. The predicted octanol–water partition coefficient (Wildman–Crippen LogP) is 2.79. The lowest BCUT2D eigenvalue weighted by Gasteiger charge is -2.09. The Labute approximate surface area is 110 Å². The Kier molecular flexibility index (Phi) is 5.83. The van der Waals surface area contributed by atoms with Crippen LogP contribution in [0.3, 0.4) is 0 Å². The lowest BCUT2D eigenvalue weighted by Crippen LogP contribution is -2.09. The van der Waals surface area contributed by atoms with Gasteiger partial charge in [-0.3, -0.25) is 4.79 Å². The van der Waals surface area contributed by atoms with Crippen LogP contribution in [0.1, 0.15) is 19.8 Å². The van der Waals surface area contributed by atoms with Crippen LogP contribution in [-0.2, 0) is 9.53 Å². The molecule has 0 aliphatic heterocycles. The van der Waals surface area contributed by atoms with Gasteiger partial charge in [-0.1, -0.05) is 15.9 Å². The Morgan fingerprint density at radius 3 is 3.00 bits per heavy atom. The van der Waals surface area contributed by atoms with Crippen LogP contribution >= 0.6 is 15.9 Å². The number of nitrogens with one attached hydrogen (secondary N) is 1. The van der Waals surface area contributed by atoms with Crippen LogP contribution < -0.4 is 11.1 Å². The zero-order chi connectivity index (χ0) is 12.7. The number of hydrogen-bond donors (Lipinski definition) is 2. The maximum atomic E-state index is 11.1. The highest BCUT2D eigenvalue weighted by Gasteiger charge is 2.02. The minimum Gasteiger partial charge on any atom is -0.466 e. The van der Waals surface area contributed by atoms with Gasteiger partial charge in [0.15, 0.2) is 0 Å². The molecule has 0 atom stereocenters. The van der Waals surface area contributed by atoms with Gasteiger partial charge in [-0.25, -0.2) is 0 Å². The van der Waals surface area contributed by atoms with Crippen LogP contribution in [0.25, 0.3) is 0 Å². The molecule has 17 heavy (non-hydrogen) atoms. The van der Waals surface area contributed by atoms with E-state index in [1.54, 1.807) is 6.92 Å². The number of carbonyl (C=O) groups is 1. The second-order valence-electron chi connectivity index (χ2n) is 3.57.